The normalized spacial score (nSPS) is 23.0. The van der Waals surface area contributed by atoms with Gasteiger partial charge >= 0.3 is 0 Å². The van der Waals surface area contributed by atoms with Crippen molar-refractivity contribution in [1.29, 1.82) is 0 Å². The number of anilines is 1. The number of nitrogens with zero attached hydrogens (tertiary/aromatic N) is 1. The minimum absolute atomic E-state index is 0.362. The van der Waals surface area contributed by atoms with Crippen LogP contribution in [0.2, 0.25) is 0 Å². The molecule has 0 bridgehead atoms. The maximum absolute atomic E-state index is 3.73. The van der Waals surface area contributed by atoms with E-state index >= 15 is 0 Å². The zero-order chi connectivity index (χ0) is 14.3. The van der Waals surface area contributed by atoms with Gasteiger partial charge in [0.2, 0.25) is 0 Å². The van der Waals surface area contributed by atoms with E-state index in [1.165, 1.54) is 38.3 Å². The van der Waals surface area contributed by atoms with E-state index in [1.807, 2.05) is 0 Å². The highest BCUT2D eigenvalue weighted by atomic mass is 15.1. The SMILES string of the molecule is C1=CC2C3Nc4ccccc4C3=c3c4ccccc4c(n32)=C1. The molecule has 0 spiro atoms. The quantitative estimate of drug-likeness (QED) is 0.670. The average molecular weight is 282 g/mol. The van der Waals surface area contributed by atoms with E-state index < -0.39 is 0 Å². The van der Waals surface area contributed by atoms with Crippen molar-refractivity contribution in [2.75, 3.05) is 5.32 Å². The fourth-order valence-corrected chi connectivity index (χ4v) is 4.44. The Balaban J connectivity index is 1.91. The van der Waals surface area contributed by atoms with Crippen molar-refractivity contribution >= 4 is 28.1 Å². The summed E-state index contributed by atoms with van der Waals surface area (Å²) >= 11 is 0. The highest BCUT2D eigenvalue weighted by Crippen LogP contribution is 2.41. The zero-order valence-corrected chi connectivity index (χ0v) is 12.0. The van der Waals surface area contributed by atoms with Crippen molar-refractivity contribution in [3.05, 3.63) is 76.9 Å². The first-order valence-corrected chi connectivity index (χ1v) is 7.81. The second kappa shape index (κ2) is 3.53. The molecule has 2 atom stereocenters. The molecular formula is C20H14N2. The van der Waals surface area contributed by atoms with E-state index in [0.717, 1.165) is 0 Å². The molecule has 3 aromatic rings. The van der Waals surface area contributed by atoms with E-state index in [2.05, 4.69) is 76.6 Å². The first-order valence-electron chi connectivity index (χ1n) is 7.81. The van der Waals surface area contributed by atoms with Gasteiger partial charge in [-0.25, -0.2) is 0 Å². The summed E-state index contributed by atoms with van der Waals surface area (Å²) in [6.45, 7) is 0. The lowest BCUT2D eigenvalue weighted by molar-refractivity contribution is 0.591. The number of para-hydroxylation sites is 1. The van der Waals surface area contributed by atoms with Crippen LogP contribution in [0.1, 0.15) is 11.6 Å². The number of hydrogen-bond acceptors (Lipinski definition) is 1. The fourth-order valence-electron chi connectivity index (χ4n) is 4.44. The summed E-state index contributed by atoms with van der Waals surface area (Å²) < 4.78 is 2.52. The van der Waals surface area contributed by atoms with Gasteiger partial charge in [0, 0.05) is 32.9 Å². The van der Waals surface area contributed by atoms with E-state index in [0.29, 0.717) is 12.1 Å². The van der Waals surface area contributed by atoms with Crippen LogP contribution in [0.5, 0.6) is 0 Å². The molecule has 2 unspecified atom stereocenters. The standard InChI is InChI=1S/C20H14N2/c1-2-7-13-12(6-1)16-10-5-11-17-19-18(20(13)22(16)17)14-8-3-4-9-15(14)21-19/h1-11,17,19,21H. The lowest BCUT2D eigenvalue weighted by atomic mass is 9.97. The van der Waals surface area contributed by atoms with Crippen LogP contribution in [-0.4, -0.2) is 10.6 Å². The molecule has 2 heteroatoms. The molecule has 0 amide bonds. The van der Waals surface area contributed by atoms with Crippen molar-refractivity contribution < 1.29 is 0 Å². The van der Waals surface area contributed by atoms with Crippen LogP contribution >= 0.6 is 0 Å². The Labute approximate surface area is 127 Å². The largest absolute Gasteiger partial charge is 0.375 e. The minimum atomic E-state index is 0.362. The van der Waals surface area contributed by atoms with Crippen LogP contribution in [-0.2, 0) is 0 Å². The summed E-state index contributed by atoms with van der Waals surface area (Å²) in [6, 6.07) is 18.2. The van der Waals surface area contributed by atoms with E-state index in [4.69, 9.17) is 0 Å². The molecule has 3 aliphatic rings. The van der Waals surface area contributed by atoms with Crippen molar-refractivity contribution in [3.8, 4) is 0 Å². The monoisotopic (exact) mass is 282 g/mol. The summed E-state index contributed by atoms with van der Waals surface area (Å²) in [5.41, 5.74) is 4.09. The molecule has 104 valence electrons. The van der Waals surface area contributed by atoms with Gasteiger partial charge in [-0.15, -0.1) is 0 Å². The third-order valence-corrected chi connectivity index (χ3v) is 5.25. The Bertz CT molecular complexity index is 1110. The van der Waals surface area contributed by atoms with Crippen LogP contribution in [0, 0.1) is 0 Å². The van der Waals surface area contributed by atoms with Crippen molar-refractivity contribution in [2.24, 2.45) is 0 Å². The molecule has 0 saturated heterocycles. The summed E-state index contributed by atoms with van der Waals surface area (Å²) in [4.78, 5) is 0. The number of aromatic nitrogens is 1. The second-order valence-corrected chi connectivity index (χ2v) is 6.27. The Kier molecular flexibility index (Phi) is 1.75. The number of nitrogens with one attached hydrogen (secondary N) is 1. The Morgan fingerprint density at radius 1 is 0.909 bits per heavy atom. The first-order chi connectivity index (χ1) is 10.9. The fraction of sp³-hybridized carbons (Fsp3) is 0.100. The van der Waals surface area contributed by atoms with E-state index in [-0.39, 0.29) is 0 Å². The molecule has 0 aliphatic carbocycles. The number of allylic oxidation sites excluding steroid dienone is 1. The van der Waals surface area contributed by atoms with Gasteiger partial charge in [0.15, 0.2) is 0 Å². The summed E-state index contributed by atoms with van der Waals surface area (Å²) in [5.74, 6) is 0. The van der Waals surface area contributed by atoms with Gasteiger partial charge in [0.05, 0.1) is 17.4 Å². The maximum atomic E-state index is 3.73. The molecule has 3 aliphatic heterocycles. The van der Waals surface area contributed by atoms with Crippen LogP contribution in [0.3, 0.4) is 0 Å². The van der Waals surface area contributed by atoms with Gasteiger partial charge in [-0.1, -0.05) is 54.6 Å². The van der Waals surface area contributed by atoms with Crippen LogP contribution in [0.4, 0.5) is 5.69 Å². The van der Waals surface area contributed by atoms with Crippen molar-refractivity contribution in [1.82, 2.24) is 4.57 Å². The van der Waals surface area contributed by atoms with Crippen molar-refractivity contribution in [2.45, 2.75) is 12.1 Å². The van der Waals surface area contributed by atoms with Gasteiger partial charge < -0.3 is 9.88 Å². The van der Waals surface area contributed by atoms with Gasteiger partial charge in [0.1, 0.15) is 0 Å². The smallest absolute Gasteiger partial charge is 0.0784 e. The molecule has 0 radical (unpaired) electrons. The number of hydrogen-bond donors (Lipinski definition) is 1. The first kappa shape index (κ1) is 10.9. The number of fused-ring (bicyclic) bond motifs is 7. The second-order valence-electron chi connectivity index (χ2n) is 6.27. The Morgan fingerprint density at radius 2 is 1.73 bits per heavy atom. The molecule has 0 fully saturated rings. The average Bonchev–Trinajstić information content (AvgIpc) is 3.19. The summed E-state index contributed by atoms with van der Waals surface area (Å²) in [6.07, 6.45) is 6.78. The van der Waals surface area contributed by atoms with Gasteiger partial charge in [0.25, 0.3) is 0 Å². The highest BCUT2D eigenvalue weighted by molar-refractivity contribution is 5.95. The van der Waals surface area contributed by atoms with E-state index in [1.54, 1.807) is 0 Å². The molecule has 6 rings (SSSR count). The predicted octanol–water partition coefficient (Wildman–Crippen LogP) is 2.54. The molecular weight excluding hydrogens is 268 g/mol. The highest BCUT2D eigenvalue weighted by Gasteiger charge is 2.40. The van der Waals surface area contributed by atoms with Crippen LogP contribution in [0.25, 0.3) is 22.4 Å². The van der Waals surface area contributed by atoms with Gasteiger partial charge in [-0.3, -0.25) is 0 Å². The number of rotatable bonds is 0. The minimum Gasteiger partial charge on any atom is -0.375 e. The van der Waals surface area contributed by atoms with Crippen LogP contribution in [0.15, 0.2) is 60.7 Å². The lowest BCUT2D eigenvalue weighted by Gasteiger charge is -2.20. The van der Waals surface area contributed by atoms with Crippen LogP contribution < -0.4 is 16.0 Å². The third-order valence-electron chi connectivity index (χ3n) is 5.25. The molecule has 22 heavy (non-hydrogen) atoms. The van der Waals surface area contributed by atoms with E-state index in [9.17, 15) is 0 Å². The van der Waals surface area contributed by atoms with Gasteiger partial charge in [-0.05, 0) is 12.1 Å². The summed E-state index contributed by atoms with van der Waals surface area (Å²) in [5, 5.41) is 9.22. The van der Waals surface area contributed by atoms with Crippen molar-refractivity contribution in [3.63, 3.8) is 0 Å². The molecule has 0 saturated carbocycles. The molecule has 2 aromatic carbocycles. The topological polar surface area (TPSA) is 17.0 Å². The lowest BCUT2D eigenvalue weighted by Crippen LogP contribution is -2.32. The predicted molar refractivity (Wildman–Crippen MR) is 90.2 cm³/mol. The summed E-state index contributed by atoms with van der Waals surface area (Å²) in [7, 11) is 0. The molecule has 1 aromatic heterocycles. The Hall–Kier alpha value is -2.74. The molecule has 1 N–H and O–H groups in total. The third kappa shape index (κ3) is 1.07. The Morgan fingerprint density at radius 3 is 2.68 bits per heavy atom. The maximum Gasteiger partial charge on any atom is 0.0784 e. The zero-order valence-electron chi connectivity index (χ0n) is 12.0. The molecule has 4 heterocycles. The van der Waals surface area contributed by atoms with Gasteiger partial charge in [-0.2, -0.15) is 0 Å². The number of benzene rings is 2. The molecule has 2 nitrogen and oxygen atoms in total.